The van der Waals surface area contributed by atoms with Gasteiger partial charge in [-0.05, 0) is 120 Å². The van der Waals surface area contributed by atoms with E-state index in [2.05, 4.69) is 149 Å². The predicted octanol–water partition coefficient (Wildman–Crippen LogP) is 11.3. The monoisotopic (exact) mass is 564 g/mol. The highest BCUT2D eigenvalue weighted by molar-refractivity contribution is 6.12. The Morgan fingerprint density at radius 2 is 0.886 bits per heavy atom. The molecule has 2 heteroatoms. The number of rotatable bonds is 3. The summed E-state index contributed by atoms with van der Waals surface area (Å²) in [5.41, 5.74) is 16.5. The minimum Gasteiger partial charge on any atom is -0.248 e. The van der Waals surface area contributed by atoms with Crippen LogP contribution in [0, 0.1) is 27.7 Å². The van der Waals surface area contributed by atoms with Crippen molar-refractivity contribution in [3.05, 3.63) is 144 Å². The number of pyridine rings is 2. The lowest BCUT2D eigenvalue weighted by Gasteiger charge is -2.23. The maximum Gasteiger partial charge on any atom is 0.0718 e. The molecule has 0 aliphatic rings. The molecular weight excluding hydrogens is 532 g/mol. The standard InChI is InChI=1S/C42H32N2/c1-25-21-38-34(23-30-15-8-10-19-36(30)43-38)40(27(25)3)33-18-12-17-32(29-13-6-5-7-14-29)42(33)41-28(4)26(2)22-39-35(41)24-31-16-9-11-20-37(31)44-39/h5-24H,1-4H3. The van der Waals surface area contributed by atoms with Crippen LogP contribution in [-0.2, 0) is 0 Å². The Morgan fingerprint density at radius 1 is 0.386 bits per heavy atom. The largest absolute Gasteiger partial charge is 0.248 e. The molecule has 0 fully saturated rings. The average molecular weight is 565 g/mol. The number of aromatic nitrogens is 2. The molecular formula is C42H32N2. The minimum absolute atomic E-state index is 1.02. The number of benzene rings is 6. The van der Waals surface area contributed by atoms with E-state index in [0.29, 0.717) is 0 Å². The lowest BCUT2D eigenvalue weighted by molar-refractivity contribution is 1.33. The number of hydrogen-bond acceptors (Lipinski definition) is 2. The third-order valence-electron chi connectivity index (χ3n) is 9.35. The summed E-state index contributed by atoms with van der Waals surface area (Å²) in [6.45, 7) is 8.94. The molecule has 6 aromatic carbocycles. The molecule has 0 bridgehead atoms. The van der Waals surface area contributed by atoms with E-state index in [9.17, 15) is 0 Å². The van der Waals surface area contributed by atoms with Gasteiger partial charge in [0.2, 0.25) is 0 Å². The maximum absolute atomic E-state index is 5.18. The van der Waals surface area contributed by atoms with Crippen LogP contribution in [0.5, 0.6) is 0 Å². The van der Waals surface area contributed by atoms with E-state index < -0.39 is 0 Å². The van der Waals surface area contributed by atoms with Crippen LogP contribution in [0.2, 0.25) is 0 Å². The molecule has 0 spiro atoms. The fourth-order valence-corrected chi connectivity index (χ4v) is 6.86. The number of aryl methyl sites for hydroxylation is 2. The SMILES string of the molecule is Cc1cc2nc3ccccc3cc2c(-c2cccc(-c3ccccc3)c2-c2c(C)c(C)cc3nc4ccccc4cc23)c1C. The van der Waals surface area contributed by atoms with Gasteiger partial charge in [0.15, 0.2) is 0 Å². The van der Waals surface area contributed by atoms with Gasteiger partial charge in [-0.25, -0.2) is 9.97 Å². The topological polar surface area (TPSA) is 25.8 Å². The quantitative estimate of drug-likeness (QED) is 0.199. The Hall–Kier alpha value is -5.34. The van der Waals surface area contributed by atoms with Gasteiger partial charge in [-0.3, -0.25) is 0 Å². The van der Waals surface area contributed by atoms with Crippen molar-refractivity contribution in [1.29, 1.82) is 0 Å². The summed E-state index contributed by atoms with van der Waals surface area (Å²) in [4.78, 5) is 10.3. The molecule has 8 rings (SSSR count). The summed E-state index contributed by atoms with van der Waals surface area (Å²) in [6, 6.07) is 43.6. The maximum atomic E-state index is 5.18. The van der Waals surface area contributed by atoms with Gasteiger partial charge >= 0.3 is 0 Å². The number of fused-ring (bicyclic) bond motifs is 4. The zero-order valence-corrected chi connectivity index (χ0v) is 25.4. The van der Waals surface area contributed by atoms with Gasteiger partial charge in [0.25, 0.3) is 0 Å². The lowest BCUT2D eigenvalue weighted by atomic mass is 9.81. The molecule has 0 saturated carbocycles. The zero-order chi connectivity index (χ0) is 29.9. The molecule has 2 aromatic heterocycles. The van der Waals surface area contributed by atoms with E-state index in [1.165, 1.54) is 66.4 Å². The fourth-order valence-electron chi connectivity index (χ4n) is 6.86. The average Bonchev–Trinajstić information content (AvgIpc) is 3.05. The van der Waals surface area contributed by atoms with Gasteiger partial charge in [-0.2, -0.15) is 0 Å². The van der Waals surface area contributed by atoms with Gasteiger partial charge in [0.1, 0.15) is 0 Å². The summed E-state index contributed by atoms with van der Waals surface area (Å²) in [5, 5.41) is 4.65. The molecule has 210 valence electrons. The van der Waals surface area contributed by atoms with Crippen LogP contribution < -0.4 is 0 Å². The molecule has 0 N–H and O–H groups in total. The van der Waals surface area contributed by atoms with Gasteiger partial charge in [-0.15, -0.1) is 0 Å². The van der Waals surface area contributed by atoms with Crippen LogP contribution in [0.3, 0.4) is 0 Å². The van der Waals surface area contributed by atoms with Crippen LogP contribution >= 0.6 is 0 Å². The van der Waals surface area contributed by atoms with Crippen LogP contribution in [0.25, 0.3) is 77.0 Å². The van der Waals surface area contributed by atoms with Crippen LogP contribution in [0.4, 0.5) is 0 Å². The second kappa shape index (κ2) is 10.1. The zero-order valence-electron chi connectivity index (χ0n) is 25.4. The molecule has 0 radical (unpaired) electrons. The summed E-state index contributed by atoms with van der Waals surface area (Å²) >= 11 is 0. The third-order valence-corrected chi connectivity index (χ3v) is 9.35. The van der Waals surface area contributed by atoms with E-state index in [1.54, 1.807) is 0 Å². The van der Waals surface area contributed by atoms with Crippen molar-refractivity contribution < 1.29 is 0 Å². The number of para-hydroxylation sites is 2. The molecule has 0 aliphatic carbocycles. The van der Waals surface area contributed by atoms with Crippen LogP contribution in [-0.4, -0.2) is 9.97 Å². The van der Waals surface area contributed by atoms with Crippen molar-refractivity contribution in [2.75, 3.05) is 0 Å². The number of hydrogen-bond donors (Lipinski definition) is 0. The Morgan fingerprint density at radius 3 is 1.50 bits per heavy atom. The van der Waals surface area contributed by atoms with E-state index in [4.69, 9.17) is 9.97 Å². The third kappa shape index (κ3) is 4.10. The van der Waals surface area contributed by atoms with Crippen LogP contribution in [0.15, 0.2) is 121 Å². The van der Waals surface area contributed by atoms with Crippen molar-refractivity contribution >= 4 is 43.6 Å². The van der Waals surface area contributed by atoms with Gasteiger partial charge < -0.3 is 0 Å². The molecule has 0 unspecified atom stereocenters. The van der Waals surface area contributed by atoms with E-state index in [1.807, 2.05) is 0 Å². The lowest BCUT2D eigenvalue weighted by Crippen LogP contribution is -1.99. The van der Waals surface area contributed by atoms with E-state index in [-0.39, 0.29) is 0 Å². The first kappa shape index (κ1) is 26.3. The van der Waals surface area contributed by atoms with Crippen LogP contribution in [0.1, 0.15) is 22.3 Å². The van der Waals surface area contributed by atoms with Crippen molar-refractivity contribution in [2.24, 2.45) is 0 Å². The minimum atomic E-state index is 1.02. The Kier molecular flexibility index (Phi) is 6.06. The first-order chi connectivity index (χ1) is 21.5. The van der Waals surface area contributed by atoms with Gasteiger partial charge in [0, 0.05) is 21.5 Å². The second-order valence-corrected chi connectivity index (χ2v) is 12.0. The van der Waals surface area contributed by atoms with Gasteiger partial charge in [-0.1, -0.05) is 84.9 Å². The summed E-state index contributed by atoms with van der Waals surface area (Å²) in [5.74, 6) is 0. The molecule has 8 aromatic rings. The highest BCUT2D eigenvalue weighted by Gasteiger charge is 2.23. The summed E-state index contributed by atoms with van der Waals surface area (Å²) in [6.07, 6.45) is 0. The molecule has 0 amide bonds. The molecule has 0 atom stereocenters. The molecule has 0 aliphatic heterocycles. The van der Waals surface area contributed by atoms with E-state index >= 15 is 0 Å². The Balaban J connectivity index is 1.57. The smallest absolute Gasteiger partial charge is 0.0718 e. The molecule has 2 heterocycles. The van der Waals surface area contributed by atoms with Gasteiger partial charge in [0.05, 0.1) is 22.1 Å². The normalized spacial score (nSPS) is 11.6. The Labute approximate surface area is 257 Å². The fraction of sp³-hybridized carbons (Fsp3) is 0.0952. The summed E-state index contributed by atoms with van der Waals surface area (Å²) in [7, 11) is 0. The highest BCUT2D eigenvalue weighted by atomic mass is 14.7. The highest BCUT2D eigenvalue weighted by Crippen LogP contribution is 2.48. The van der Waals surface area contributed by atoms with E-state index in [0.717, 1.165) is 32.8 Å². The molecule has 2 nitrogen and oxygen atoms in total. The van der Waals surface area contributed by atoms with Crippen molar-refractivity contribution in [2.45, 2.75) is 27.7 Å². The predicted molar refractivity (Wildman–Crippen MR) is 187 cm³/mol. The summed E-state index contributed by atoms with van der Waals surface area (Å²) < 4.78 is 0. The Bertz CT molecular complexity index is 2420. The van der Waals surface area contributed by atoms with Crippen molar-refractivity contribution in [3.63, 3.8) is 0 Å². The molecule has 0 saturated heterocycles. The number of nitrogens with zero attached hydrogens (tertiary/aromatic N) is 2. The van der Waals surface area contributed by atoms with Crippen molar-refractivity contribution in [1.82, 2.24) is 9.97 Å². The second-order valence-electron chi connectivity index (χ2n) is 12.0. The first-order valence-corrected chi connectivity index (χ1v) is 15.3. The van der Waals surface area contributed by atoms with Crippen molar-refractivity contribution in [3.8, 4) is 33.4 Å². The molecule has 44 heavy (non-hydrogen) atoms. The first-order valence-electron chi connectivity index (χ1n) is 15.3.